The smallest absolute Gasteiger partial charge is 0.163 e. The van der Waals surface area contributed by atoms with E-state index in [4.69, 9.17) is 14.7 Å². The van der Waals surface area contributed by atoms with Crippen LogP contribution >= 0.6 is 0 Å². The van der Waals surface area contributed by atoms with E-state index in [9.17, 15) is 0 Å². The van der Waals surface area contributed by atoms with Crippen LogP contribution in [0.1, 0.15) is 25.5 Å². The Hall–Kier alpha value is -2.93. The molecule has 0 spiro atoms. The molecule has 7 nitrogen and oxygen atoms in total. The van der Waals surface area contributed by atoms with Gasteiger partial charge in [0.25, 0.3) is 0 Å². The summed E-state index contributed by atoms with van der Waals surface area (Å²) in [5.41, 5.74) is 3.16. The molecule has 3 aromatic rings. The maximum Gasteiger partial charge on any atom is 0.163 e. The number of ether oxygens (including phenoxy) is 1. The van der Waals surface area contributed by atoms with E-state index >= 15 is 0 Å². The maximum atomic E-state index is 5.45. The van der Waals surface area contributed by atoms with Gasteiger partial charge in [-0.1, -0.05) is 23.8 Å². The molecule has 0 aliphatic carbocycles. The second kappa shape index (κ2) is 7.75. The molecule has 27 heavy (non-hydrogen) atoms. The van der Waals surface area contributed by atoms with Crippen molar-refractivity contribution >= 4 is 17.5 Å². The number of rotatable bonds is 5. The predicted molar refractivity (Wildman–Crippen MR) is 108 cm³/mol. The zero-order valence-electron chi connectivity index (χ0n) is 15.6. The van der Waals surface area contributed by atoms with Gasteiger partial charge in [-0.05, 0) is 32.8 Å². The lowest BCUT2D eigenvalue weighted by atomic mass is 10.1. The first-order chi connectivity index (χ1) is 13.2. The summed E-state index contributed by atoms with van der Waals surface area (Å²) in [7, 11) is 0. The number of anilines is 3. The van der Waals surface area contributed by atoms with Crippen LogP contribution in [0.2, 0.25) is 0 Å². The third-order valence-corrected chi connectivity index (χ3v) is 4.54. The fraction of sp³-hybridized carbons (Fsp3) is 0.350. The maximum absolute atomic E-state index is 5.45. The van der Waals surface area contributed by atoms with E-state index in [1.807, 2.05) is 31.2 Å². The molecule has 1 aliphatic rings. The average Bonchev–Trinajstić information content (AvgIpc) is 3.07. The van der Waals surface area contributed by atoms with Crippen molar-refractivity contribution in [1.82, 2.24) is 20.2 Å². The fourth-order valence-corrected chi connectivity index (χ4v) is 3.16. The average molecular weight is 366 g/mol. The number of nitrogens with zero attached hydrogens (tertiary/aromatic N) is 3. The van der Waals surface area contributed by atoms with Crippen molar-refractivity contribution in [2.24, 2.45) is 0 Å². The van der Waals surface area contributed by atoms with Gasteiger partial charge in [0.05, 0.1) is 0 Å². The van der Waals surface area contributed by atoms with Crippen LogP contribution in [-0.2, 0) is 4.74 Å². The number of aromatic nitrogens is 4. The predicted octanol–water partition coefficient (Wildman–Crippen LogP) is 4.06. The molecule has 0 amide bonds. The van der Waals surface area contributed by atoms with Gasteiger partial charge in [0.1, 0.15) is 11.6 Å². The van der Waals surface area contributed by atoms with Gasteiger partial charge in [0.2, 0.25) is 0 Å². The molecular formula is C20H26N6O. The molecule has 4 rings (SSSR count). The normalized spacial score (nSPS) is 14.9. The summed E-state index contributed by atoms with van der Waals surface area (Å²) < 4.78 is 5.45. The summed E-state index contributed by atoms with van der Waals surface area (Å²) in [6.45, 7) is 5.60. The second-order valence-electron chi connectivity index (χ2n) is 6.92. The highest BCUT2D eigenvalue weighted by Gasteiger charge is 2.16. The Labute approximate surface area is 160 Å². The number of hydrogen-bond donors (Lipinski definition) is 3. The Kier molecular flexibility index (Phi) is 5.02. The van der Waals surface area contributed by atoms with Crippen molar-refractivity contribution in [3.8, 4) is 11.4 Å². The molecular weight excluding hydrogens is 340 g/mol. The van der Waals surface area contributed by atoms with Crippen LogP contribution in [0.15, 0.2) is 36.4 Å². The molecule has 1 fully saturated rings. The number of aryl methyl sites for hydroxylation is 2. The third kappa shape index (κ3) is 4.43. The van der Waals surface area contributed by atoms with Gasteiger partial charge >= 0.3 is 0 Å². The molecule has 0 radical (unpaired) electrons. The van der Waals surface area contributed by atoms with Crippen LogP contribution in [0.5, 0.6) is 0 Å². The van der Waals surface area contributed by atoms with Crippen LogP contribution < -0.4 is 10.6 Å². The number of H-pyrrole nitrogens is 1. The molecule has 7 heteroatoms. The quantitative estimate of drug-likeness (QED) is 0.631. The number of nitrogens with one attached hydrogen (secondary N) is 3. The second-order valence-corrected chi connectivity index (χ2v) is 6.92. The van der Waals surface area contributed by atoms with E-state index in [1.54, 1.807) is 0 Å². The molecule has 0 atom stereocenters. The molecule has 0 bridgehead atoms. The lowest BCUT2D eigenvalue weighted by molar-refractivity contribution is 0.0904. The van der Waals surface area contributed by atoms with E-state index in [0.717, 1.165) is 48.9 Å². The van der Waals surface area contributed by atoms with E-state index in [1.165, 1.54) is 5.56 Å². The first-order valence-corrected chi connectivity index (χ1v) is 9.25. The van der Waals surface area contributed by atoms with Crippen LogP contribution in [-0.4, -0.2) is 39.4 Å². The van der Waals surface area contributed by atoms with Gasteiger partial charge in [-0.2, -0.15) is 5.10 Å². The molecule has 0 saturated carbocycles. The highest BCUT2D eigenvalue weighted by atomic mass is 16.5. The highest BCUT2D eigenvalue weighted by molar-refractivity contribution is 5.64. The van der Waals surface area contributed by atoms with Gasteiger partial charge in [-0.15, -0.1) is 0 Å². The minimum atomic E-state index is 0. The zero-order valence-corrected chi connectivity index (χ0v) is 15.6. The Morgan fingerprint density at radius 2 is 1.85 bits per heavy atom. The molecule has 142 valence electrons. The monoisotopic (exact) mass is 366 g/mol. The van der Waals surface area contributed by atoms with Crippen LogP contribution in [0, 0.1) is 13.8 Å². The minimum Gasteiger partial charge on any atom is -0.381 e. The number of aromatic amines is 1. The summed E-state index contributed by atoms with van der Waals surface area (Å²) in [6, 6.07) is 12.5. The Bertz CT molecular complexity index is 923. The molecule has 1 aliphatic heterocycles. The van der Waals surface area contributed by atoms with E-state index < -0.39 is 0 Å². The van der Waals surface area contributed by atoms with Gasteiger partial charge in [-0.3, -0.25) is 5.10 Å². The number of benzene rings is 1. The SMILES string of the molecule is Cc1cccc(-c2nc(Nc3cc(C)[nH]n3)cc(NC3CCOCC3)n2)c1.[HH]. The van der Waals surface area contributed by atoms with Gasteiger partial charge in [-0.25, -0.2) is 9.97 Å². The molecule has 1 saturated heterocycles. The van der Waals surface area contributed by atoms with E-state index in [0.29, 0.717) is 17.7 Å². The highest BCUT2D eigenvalue weighted by Crippen LogP contribution is 2.24. The van der Waals surface area contributed by atoms with Gasteiger partial charge < -0.3 is 15.4 Å². The number of hydrogen-bond acceptors (Lipinski definition) is 6. The van der Waals surface area contributed by atoms with Crippen molar-refractivity contribution in [3.05, 3.63) is 47.7 Å². The molecule has 2 aromatic heterocycles. The standard InChI is InChI=1S/C20H24N6O.H2/c1-13-4-3-5-15(10-13)20-23-17(21-16-6-8-27-9-7-16)12-18(24-20)22-19-11-14(2)25-26-19;/h3-5,10-12,16H,6-9H2,1-2H3,(H3,21,22,23,24,25,26);1H. The van der Waals surface area contributed by atoms with Crippen molar-refractivity contribution in [2.75, 3.05) is 23.8 Å². The van der Waals surface area contributed by atoms with Crippen molar-refractivity contribution in [1.29, 1.82) is 0 Å². The van der Waals surface area contributed by atoms with Gasteiger partial charge in [0.15, 0.2) is 11.6 Å². The first kappa shape index (κ1) is 17.5. The summed E-state index contributed by atoms with van der Waals surface area (Å²) in [6.07, 6.45) is 1.95. The van der Waals surface area contributed by atoms with Gasteiger partial charge in [0, 0.05) is 44.1 Å². The van der Waals surface area contributed by atoms with Crippen LogP contribution in [0.4, 0.5) is 17.5 Å². The first-order valence-electron chi connectivity index (χ1n) is 9.25. The fourth-order valence-electron chi connectivity index (χ4n) is 3.16. The summed E-state index contributed by atoms with van der Waals surface area (Å²) in [4.78, 5) is 9.46. The molecule has 3 N–H and O–H groups in total. The lowest BCUT2D eigenvalue weighted by Crippen LogP contribution is -2.28. The van der Waals surface area contributed by atoms with Crippen molar-refractivity contribution in [2.45, 2.75) is 32.7 Å². The van der Waals surface area contributed by atoms with E-state index in [-0.39, 0.29) is 1.43 Å². The molecule has 1 aromatic carbocycles. The Morgan fingerprint density at radius 3 is 2.59 bits per heavy atom. The topological polar surface area (TPSA) is 87.8 Å². The largest absolute Gasteiger partial charge is 0.381 e. The van der Waals surface area contributed by atoms with Crippen LogP contribution in [0.25, 0.3) is 11.4 Å². The Morgan fingerprint density at radius 1 is 1.04 bits per heavy atom. The minimum absolute atomic E-state index is 0. The zero-order chi connectivity index (χ0) is 18.6. The van der Waals surface area contributed by atoms with E-state index in [2.05, 4.69) is 39.9 Å². The summed E-state index contributed by atoms with van der Waals surface area (Å²) >= 11 is 0. The lowest BCUT2D eigenvalue weighted by Gasteiger charge is -2.24. The summed E-state index contributed by atoms with van der Waals surface area (Å²) in [5.74, 6) is 2.94. The molecule has 0 unspecified atom stereocenters. The van der Waals surface area contributed by atoms with Crippen molar-refractivity contribution < 1.29 is 6.16 Å². The molecule has 3 heterocycles. The van der Waals surface area contributed by atoms with Crippen molar-refractivity contribution in [3.63, 3.8) is 0 Å². The Balaban J connectivity index is 0.00000225. The third-order valence-electron chi connectivity index (χ3n) is 4.54. The van der Waals surface area contributed by atoms with Crippen LogP contribution in [0.3, 0.4) is 0 Å². The summed E-state index contributed by atoms with van der Waals surface area (Å²) in [5, 5.41) is 14.0.